The second-order valence-electron chi connectivity index (χ2n) is 5.40. The minimum absolute atomic E-state index is 0.0453. The van der Waals surface area contributed by atoms with Gasteiger partial charge in [-0.05, 0) is 49.2 Å². The smallest absolute Gasteiger partial charge is 0.229 e. The summed E-state index contributed by atoms with van der Waals surface area (Å²) in [4.78, 5) is 12.4. The van der Waals surface area contributed by atoms with Crippen LogP contribution in [0.4, 0.5) is 15.8 Å². The normalized spacial score (nSPS) is 20.3. The van der Waals surface area contributed by atoms with Crippen LogP contribution in [0.2, 0.25) is 0 Å². The first-order chi connectivity index (χ1) is 10.1. The number of rotatable bonds is 2. The number of halogens is 1. The number of hydrogen-bond acceptors (Lipinski definition) is 2. The Morgan fingerprint density at radius 3 is 2.67 bits per heavy atom. The minimum Gasteiger partial charge on any atom is -0.382 e. The maximum Gasteiger partial charge on any atom is 0.229 e. The standard InChI is InChI=1S/C17H17FN2O/c1-11-15(10-12-4-2-3-5-16(12)19-11)17(21)20-14-8-6-13(18)7-9-14/h2-9,11,15,19H,10H2,1H3,(H,20,21). The first kappa shape index (κ1) is 13.6. The molecule has 0 aromatic heterocycles. The summed E-state index contributed by atoms with van der Waals surface area (Å²) >= 11 is 0. The molecule has 1 amide bonds. The molecule has 1 heterocycles. The quantitative estimate of drug-likeness (QED) is 0.887. The topological polar surface area (TPSA) is 41.1 Å². The molecular weight excluding hydrogens is 267 g/mol. The summed E-state index contributed by atoms with van der Waals surface area (Å²) in [5.74, 6) is -0.504. The van der Waals surface area contributed by atoms with Crippen molar-refractivity contribution in [2.75, 3.05) is 10.6 Å². The molecule has 21 heavy (non-hydrogen) atoms. The van der Waals surface area contributed by atoms with E-state index >= 15 is 0 Å². The molecule has 108 valence electrons. The van der Waals surface area contributed by atoms with E-state index in [4.69, 9.17) is 0 Å². The fraction of sp³-hybridized carbons (Fsp3) is 0.235. The van der Waals surface area contributed by atoms with Crippen molar-refractivity contribution in [3.05, 3.63) is 59.9 Å². The van der Waals surface area contributed by atoms with Crippen LogP contribution in [-0.2, 0) is 11.2 Å². The van der Waals surface area contributed by atoms with E-state index in [1.165, 1.54) is 12.1 Å². The average molecular weight is 284 g/mol. The van der Waals surface area contributed by atoms with Gasteiger partial charge in [-0.2, -0.15) is 0 Å². The van der Waals surface area contributed by atoms with Gasteiger partial charge < -0.3 is 10.6 Å². The predicted molar refractivity (Wildman–Crippen MR) is 81.8 cm³/mol. The number of nitrogens with one attached hydrogen (secondary N) is 2. The molecule has 0 radical (unpaired) electrons. The molecule has 1 aliphatic heterocycles. The molecule has 2 N–H and O–H groups in total. The van der Waals surface area contributed by atoms with E-state index in [0.29, 0.717) is 12.1 Å². The van der Waals surface area contributed by atoms with Gasteiger partial charge in [-0.1, -0.05) is 18.2 Å². The van der Waals surface area contributed by atoms with Crippen LogP contribution in [0.1, 0.15) is 12.5 Å². The third-order valence-corrected chi connectivity index (χ3v) is 3.89. The third-order valence-electron chi connectivity index (χ3n) is 3.89. The summed E-state index contributed by atoms with van der Waals surface area (Å²) < 4.78 is 12.9. The Morgan fingerprint density at radius 2 is 1.90 bits per heavy atom. The molecule has 0 bridgehead atoms. The summed E-state index contributed by atoms with van der Waals surface area (Å²) in [7, 11) is 0. The molecule has 2 aromatic carbocycles. The molecular formula is C17H17FN2O. The number of amides is 1. The number of hydrogen-bond donors (Lipinski definition) is 2. The number of para-hydroxylation sites is 1. The van der Waals surface area contributed by atoms with Crippen molar-refractivity contribution >= 4 is 17.3 Å². The van der Waals surface area contributed by atoms with Crippen LogP contribution in [0.15, 0.2) is 48.5 Å². The average Bonchev–Trinajstić information content (AvgIpc) is 2.49. The number of carbonyl (C=O) groups is 1. The van der Waals surface area contributed by atoms with Gasteiger partial charge in [0.25, 0.3) is 0 Å². The number of anilines is 2. The largest absolute Gasteiger partial charge is 0.382 e. The van der Waals surface area contributed by atoms with Gasteiger partial charge in [-0.15, -0.1) is 0 Å². The molecule has 1 aliphatic rings. The maximum absolute atomic E-state index is 12.9. The number of fused-ring (bicyclic) bond motifs is 1. The second-order valence-corrected chi connectivity index (χ2v) is 5.40. The molecule has 2 aromatic rings. The van der Waals surface area contributed by atoms with Crippen molar-refractivity contribution in [2.24, 2.45) is 5.92 Å². The van der Waals surface area contributed by atoms with Crippen LogP contribution in [0, 0.1) is 11.7 Å². The summed E-state index contributed by atoms with van der Waals surface area (Å²) in [6, 6.07) is 13.9. The SMILES string of the molecule is CC1Nc2ccccc2CC1C(=O)Nc1ccc(F)cc1. The Morgan fingerprint density at radius 1 is 1.19 bits per heavy atom. The molecule has 2 unspecified atom stereocenters. The predicted octanol–water partition coefficient (Wildman–Crippen LogP) is 3.44. The van der Waals surface area contributed by atoms with E-state index in [0.717, 1.165) is 11.3 Å². The van der Waals surface area contributed by atoms with E-state index in [1.54, 1.807) is 12.1 Å². The van der Waals surface area contributed by atoms with Crippen LogP contribution in [-0.4, -0.2) is 11.9 Å². The van der Waals surface area contributed by atoms with Gasteiger partial charge in [-0.25, -0.2) is 4.39 Å². The van der Waals surface area contributed by atoms with Crippen LogP contribution < -0.4 is 10.6 Å². The number of carbonyl (C=O) groups excluding carboxylic acids is 1. The highest BCUT2D eigenvalue weighted by Gasteiger charge is 2.30. The van der Waals surface area contributed by atoms with Crippen molar-refractivity contribution in [1.82, 2.24) is 0 Å². The van der Waals surface area contributed by atoms with E-state index in [2.05, 4.69) is 10.6 Å². The Balaban J connectivity index is 1.74. The molecule has 2 atom stereocenters. The zero-order chi connectivity index (χ0) is 14.8. The molecule has 0 saturated heterocycles. The number of benzene rings is 2. The molecule has 0 saturated carbocycles. The van der Waals surface area contributed by atoms with Crippen LogP contribution in [0.25, 0.3) is 0 Å². The van der Waals surface area contributed by atoms with Gasteiger partial charge in [0, 0.05) is 17.4 Å². The fourth-order valence-corrected chi connectivity index (χ4v) is 2.69. The van der Waals surface area contributed by atoms with Crippen molar-refractivity contribution < 1.29 is 9.18 Å². The van der Waals surface area contributed by atoms with E-state index in [9.17, 15) is 9.18 Å². The van der Waals surface area contributed by atoms with Gasteiger partial charge in [-0.3, -0.25) is 4.79 Å². The molecule has 0 spiro atoms. The Hall–Kier alpha value is -2.36. The lowest BCUT2D eigenvalue weighted by molar-refractivity contribution is -0.120. The maximum atomic E-state index is 12.9. The fourth-order valence-electron chi connectivity index (χ4n) is 2.69. The van der Waals surface area contributed by atoms with E-state index in [1.807, 2.05) is 31.2 Å². The summed E-state index contributed by atoms with van der Waals surface area (Å²) in [5, 5.41) is 6.22. The lowest BCUT2D eigenvalue weighted by Crippen LogP contribution is -2.40. The zero-order valence-electron chi connectivity index (χ0n) is 11.8. The van der Waals surface area contributed by atoms with E-state index < -0.39 is 0 Å². The van der Waals surface area contributed by atoms with Crippen molar-refractivity contribution in [3.8, 4) is 0 Å². The highest BCUT2D eigenvalue weighted by molar-refractivity contribution is 5.94. The van der Waals surface area contributed by atoms with Crippen molar-refractivity contribution in [2.45, 2.75) is 19.4 Å². The lowest BCUT2D eigenvalue weighted by Gasteiger charge is -2.31. The Bertz CT molecular complexity index is 654. The highest BCUT2D eigenvalue weighted by atomic mass is 19.1. The lowest BCUT2D eigenvalue weighted by atomic mass is 9.87. The third kappa shape index (κ3) is 2.89. The van der Waals surface area contributed by atoms with Gasteiger partial charge in [0.05, 0.1) is 5.92 Å². The highest BCUT2D eigenvalue weighted by Crippen LogP contribution is 2.28. The summed E-state index contributed by atoms with van der Waals surface area (Å²) in [6.45, 7) is 2.00. The monoisotopic (exact) mass is 284 g/mol. The van der Waals surface area contributed by atoms with Crippen LogP contribution in [0.5, 0.6) is 0 Å². The van der Waals surface area contributed by atoms with Gasteiger partial charge in [0.2, 0.25) is 5.91 Å². The van der Waals surface area contributed by atoms with Gasteiger partial charge in [0.1, 0.15) is 5.82 Å². The van der Waals surface area contributed by atoms with Crippen LogP contribution >= 0.6 is 0 Å². The summed E-state index contributed by atoms with van der Waals surface area (Å²) in [6.07, 6.45) is 0.706. The van der Waals surface area contributed by atoms with Gasteiger partial charge >= 0.3 is 0 Å². The minimum atomic E-state index is -0.311. The molecule has 0 fully saturated rings. The molecule has 0 aliphatic carbocycles. The molecule has 3 nitrogen and oxygen atoms in total. The first-order valence-corrected chi connectivity index (χ1v) is 7.04. The summed E-state index contributed by atoms with van der Waals surface area (Å²) in [5.41, 5.74) is 2.86. The van der Waals surface area contributed by atoms with Crippen molar-refractivity contribution in [3.63, 3.8) is 0 Å². The van der Waals surface area contributed by atoms with Crippen LogP contribution in [0.3, 0.4) is 0 Å². The Kier molecular flexibility index (Phi) is 3.60. The van der Waals surface area contributed by atoms with E-state index in [-0.39, 0.29) is 23.7 Å². The van der Waals surface area contributed by atoms with Gasteiger partial charge in [0.15, 0.2) is 0 Å². The first-order valence-electron chi connectivity index (χ1n) is 7.04. The second kappa shape index (κ2) is 5.56. The Labute approximate surface area is 123 Å². The molecule has 4 heteroatoms. The molecule has 3 rings (SSSR count). The zero-order valence-corrected chi connectivity index (χ0v) is 11.8. The van der Waals surface area contributed by atoms with Crippen molar-refractivity contribution in [1.29, 1.82) is 0 Å².